The summed E-state index contributed by atoms with van der Waals surface area (Å²) in [7, 11) is 6.00. The molecule has 0 unspecified atom stereocenters. The maximum absolute atomic E-state index is 5.36. The van der Waals surface area contributed by atoms with Crippen molar-refractivity contribution in [3.63, 3.8) is 0 Å². The van der Waals surface area contributed by atoms with Crippen LogP contribution in [0.3, 0.4) is 0 Å². The van der Waals surface area contributed by atoms with Gasteiger partial charge >= 0.3 is 0 Å². The van der Waals surface area contributed by atoms with Gasteiger partial charge in [0, 0.05) is 5.69 Å². The van der Waals surface area contributed by atoms with E-state index in [2.05, 4.69) is 0 Å². The van der Waals surface area contributed by atoms with Crippen molar-refractivity contribution in [2.24, 2.45) is 0 Å². The van der Waals surface area contributed by atoms with Crippen LogP contribution in [0.25, 0.3) is 0 Å². The Labute approximate surface area is 80.8 Å². The molecule has 0 bridgehead atoms. The van der Waals surface area contributed by atoms with Crippen molar-refractivity contribution in [2.75, 3.05) is 26.9 Å². The molecule has 0 fully saturated rings. The van der Waals surface area contributed by atoms with Crippen LogP contribution >= 0.6 is 12.4 Å². The summed E-state index contributed by atoms with van der Waals surface area (Å²) >= 11 is 0. The van der Waals surface area contributed by atoms with E-state index in [1.165, 1.54) is 0 Å². The zero-order valence-corrected chi connectivity index (χ0v) is 8.64. The van der Waals surface area contributed by atoms with Crippen LogP contribution in [0.4, 0.5) is 5.69 Å². The molecule has 0 atom stereocenters. The number of nitrogens with two attached hydrogens (primary N) is 1. The van der Waals surface area contributed by atoms with Gasteiger partial charge in [-0.25, -0.2) is 0 Å². The van der Waals surface area contributed by atoms with Crippen molar-refractivity contribution in [3.05, 3.63) is 30.3 Å². The molecule has 0 spiro atoms. The summed E-state index contributed by atoms with van der Waals surface area (Å²) in [6.07, 6.45) is 0. The fraction of sp³-hybridized carbons (Fsp3) is 0.333. The van der Waals surface area contributed by atoms with Crippen LogP contribution < -0.4 is 5.73 Å². The van der Waals surface area contributed by atoms with Gasteiger partial charge in [-0.1, -0.05) is 18.2 Å². The van der Waals surface area contributed by atoms with E-state index in [0.717, 1.165) is 5.69 Å². The molecule has 1 aromatic rings. The molecule has 0 aromatic heterocycles. The fourth-order valence-electron chi connectivity index (χ4n) is 0.453. The molecule has 12 heavy (non-hydrogen) atoms. The summed E-state index contributed by atoms with van der Waals surface area (Å²) < 4.78 is 0. The van der Waals surface area contributed by atoms with Crippen LogP contribution in [0.1, 0.15) is 0 Å². The first-order chi connectivity index (χ1) is 5.13. The summed E-state index contributed by atoms with van der Waals surface area (Å²) in [6, 6.07) is 9.49. The molecular weight excluding hydrogens is 172 g/mol. The van der Waals surface area contributed by atoms with Crippen molar-refractivity contribution < 1.29 is 0 Å². The Hall–Kier alpha value is -0.730. The van der Waals surface area contributed by atoms with Crippen molar-refractivity contribution in [2.45, 2.75) is 0 Å². The Balaban J connectivity index is 0. The summed E-state index contributed by atoms with van der Waals surface area (Å²) in [4.78, 5) is 2.00. The molecule has 0 amide bonds. The molecule has 0 saturated carbocycles. The van der Waals surface area contributed by atoms with Crippen LogP contribution in [0.5, 0.6) is 0 Å². The van der Waals surface area contributed by atoms with Gasteiger partial charge < -0.3 is 10.6 Å². The van der Waals surface area contributed by atoms with Crippen molar-refractivity contribution >= 4 is 18.1 Å². The highest BCUT2D eigenvalue weighted by Gasteiger charge is 1.72. The number of benzene rings is 1. The molecule has 0 aliphatic carbocycles. The van der Waals surface area contributed by atoms with Crippen LogP contribution in [0.2, 0.25) is 0 Å². The second-order valence-electron chi connectivity index (χ2n) is 2.75. The van der Waals surface area contributed by atoms with Gasteiger partial charge in [-0.3, -0.25) is 0 Å². The highest BCUT2D eigenvalue weighted by Crippen LogP contribution is 1.95. The number of hydrogen-bond acceptors (Lipinski definition) is 2. The minimum absolute atomic E-state index is 0. The third-order valence-electron chi connectivity index (χ3n) is 0.800. The number of para-hydroxylation sites is 1. The molecule has 1 aromatic carbocycles. The molecule has 0 aliphatic heterocycles. The molecule has 0 aliphatic rings. The zero-order chi connectivity index (χ0) is 8.69. The second kappa shape index (κ2) is 8.37. The molecular formula is C9H17ClN2. The lowest BCUT2D eigenvalue weighted by molar-refractivity contribution is 0.505. The fourth-order valence-corrected chi connectivity index (χ4v) is 0.453. The Kier molecular flexibility index (Phi) is 9.65. The predicted molar refractivity (Wildman–Crippen MR) is 57.7 cm³/mol. The molecule has 0 heterocycles. The van der Waals surface area contributed by atoms with E-state index in [0.29, 0.717) is 0 Å². The van der Waals surface area contributed by atoms with E-state index < -0.39 is 0 Å². The van der Waals surface area contributed by atoms with Crippen molar-refractivity contribution in [3.8, 4) is 0 Å². The molecule has 0 radical (unpaired) electrons. The van der Waals surface area contributed by atoms with Gasteiger partial charge in [0.25, 0.3) is 0 Å². The van der Waals surface area contributed by atoms with E-state index >= 15 is 0 Å². The Morgan fingerprint density at radius 3 is 1.50 bits per heavy atom. The van der Waals surface area contributed by atoms with Gasteiger partial charge in [-0.05, 0) is 33.3 Å². The van der Waals surface area contributed by atoms with E-state index in [9.17, 15) is 0 Å². The summed E-state index contributed by atoms with van der Waals surface area (Å²) in [5.74, 6) is 0. The predicted octanol–water partition coefficient (Wildman–Crippen LogP) is 1.87. The first kappa shape index (κ1) is 13.8. The Morgan fingerprint density at radius 1 is 1.00 bits per heavy atom. The van der Waals surface area contributed by atoms with E-state index in [-0.39, 0.29) is 12.4 Å². The van der Waals surface area contributed by atoms with Gasteiger partial charge in [0.15, 0.2) is 0 Å². The SMILES string of the molecule is CN(C)C.Cl.Nc1ccccc1. The first-order valence-corrected chi connectivity index (χ1v) is 3.54. The molecule has 2 nitrogen and oxygen atoms in total. The van der Waals surface area contributed by atoms with Gasteiger partial charge in [0.2, 0.25) is 0 Å². The summed E-state index contributed by atoms with van der Waals surface area (Å²) in [5, 5.41) is 0. The van der Waals surface area contributed by atoms with Gasteiger partial charge in [-0.15, -0.1) is 12.4 Å². The highest BCUT2D eigenvalue weighted by molar-refractivity contribution is 5.85. The smallest absolute Gasteiger partial charge is 0.0313 e. The lowest BCUT2D eigenvalue weighted by atomic mass is 10.3. The molecule has 3 heteroatoms. The number of nitrogen functional groups attached to an aromatic ring is 1. The zero-order valence-electron chi connectivity index (χ0n) is 7.82. The number of halogens is 1. The quantitative estimate of drug-likeness (QED) is 0.630. The topological polar surface area (TPSA) is 29.3 Å². The summed E-state index contributed by atoms with van der Waals surface area (Å²) in [5.41, 5.74) is 6.18. The van der Waals surface area contributed by atoms with Gasteiger partial charge in [-0.2, -0.15) is 0 Å². The standard InChI is InChI=1S/C6H7N.C3H9N.ClH/c7-6-4-2-1-3-5-6;1-4(2)3;/h1-5H,7H2;1-3H3;1H. The van der Waals surface area contributed by atoms with Crippen LogP contribution in [-0.2, 0) is 0 Å². The van der Waals surface area contributed by atoms with E-state index in [1.54, 1.807) is 0 Å². The van der Waals surface area contributed by atoms with Crippen LogP contribution in [-0.4, -0.2) is 26.0 Å². The number of hydrogen-bond donors (Lipinski definition) is 1. The number of anilines is 1. The Bertz CT molecular complexity index is 172. The maximum Gasteiger partial charge on any atom is 0.0313 e. The van der Waals surface area contributed by atoms with Crippen molar-refractivity contribution in [1.29, 1.82) is 0 Å². The van der Waals surface area contributed by atoms with Crippen LogP contribution in [0, 0.1) is 0 Å². The average Bonchev–Trinajstić information content (AvgIpc) is 1.87. The highest BCUT2D eigenvalue weighted by atomic mass is 35.5. The largest absolute Gasteiger partial charge is 0.399 e. The van der Waals surface area contributed by atoms with Gasteiger partial charge in [0.1, 0.15) is 0 Å². The maximum atomic E-state index is 5.36. The van der Waals surface area contributed by atoms with Crippen molar-refractivity contribution in [1.82, 2.24) is 4.90 Å². The van der Waals surface area contributed by atoms with E-state index in [4.69, 9.17) is 5.73 Å². The number of nitrogens with zero attached hydrogens (tertiary/aromatic N) is 1. The molecule has 2 N–H and O–H groups in total. The number of rotatable bonds is 0. The minimum Gasteiger partial charge on any atom is -0.399 e. The Morgan fingerprint density at radius 2 is 1.33 bits per heavy atom. The second-order valence-corrected chi connectivity index (χ2v) is 2.75. The lowest BCUT2D eigenvalue weighted by Crippen LogP contribution is -1.99. The third kappa shape index (κ3) is 12.0. The summed E-state index contributed by atoms with van der Waals surface area (Å²) in [6.45, 7) is 0. The lowest BCUT2D eigenvalue weighted by Gasteiger charge is -1.90. The first-order valence-electron chi connectivity index (χ1n) is 3.54. The van der Waals surface area contributed by atoms with Gasteiger partial charge in [0.05, 0.1) is 0 Å². The third-order valence-corrected chi connectivity index (χ3v) is 0.800. The molecule has 0 saturated heterocycles. The van der Waals surface area contributed by atoms with Crippen LogP contribution in [0.15, 0.2) is 30.3 Å². The average molecular weight is 189 g/mol. The minimum atomic E-state index is 0. The molecule has 70 valence electrons. The monoisotopic (exact) mass is 188 g/mol. The van der Waals surface area contributed by atoms with E-state index in [1.807, 2.05) is 56.4 Å². The molecule has 1 rings (SSSR count). The normalized spacial score (nSPS) is 8.00.